The van der Waals surface area contributed by atoms with E-state index in [1.165, 1.54) is 31.5 Å². The summed E-state index contributed by atoms with van der Waals surface area (Å²) in [6.45, 7) is 7.48. The second kappa shape index (κ2) is 12.6. The van der Waals surface area contributed by atoms with E-state index in [1.807, 2.05) is 11.9 Å². The fraction of sp³-hybridized carbons (Fsp3) is 0.533. The third kappa shape index (κ3) is 6.37. The topological polar surface area (TPSA) is 139 Å². The van der Waals surface area contributed by atoms with Crippen LogP contribution in [0.5, 0.6) is 11.8 Å². The van der Waals surface area contributed by atoms with Gasteiger partial charge in [-0.1, -0.05) is 6.07 Å². The summed E-state index contributed by atoms with van der Waals surface area (Å²) in [6, 6.07) is 6.06. The molecule has 0 N–H and O–H groups in total. The quantitative estimate of drug-likeness (QED) is 0.391. The van der Waals surface area contributed by atoms with E-state index in [9.17, 15) is 19.2 Å². The molecular weight excluding hydrogens is 571 g/mol. The Morgan fingerprint density at radius 1 is 1.18 bits per heavy atom. The van der Waals surface area contributed by atoms with E-state index < -0.39 is 29.1 Å². The van der Waals surface area contributed by atoms with E-state index in [2.05, 4.69) is 21.1 Å². The summed E-state index contributed by atoms with van der Waals surface area (Å²) in [6.07, 6.45) is 2.99. The van der Waals surface area contributed by atoms with Crippen LogP contribution >= 0.6 is 0 Å². The van der Waals surface area contributed by atoms with Gasteiger partial charge in [0.1, 0.15) is 35.0 Å². The number of anilines is 1. The van der Waals surface area contributed by atoms with E-state index >= 15 is 0 Å². The van der Waals surface area contributed by atoms with Crippen LogP contribution in [-0.4, -0.2) is 100 Å². The number of hydrogen-bond acceptors (Lipinski definition) is 11. The maximum atomic E-state index is 15.0. The normalized spacial score (nSPS) is 19.2. The van der Waals surface area contributed by atoms with E-state index in [4.69, 9.17) is 19.2 Å². The molecule has 2 aliphatic rings. The van der Waals surface area contributed by atoms with E-state index in [0.29, 0.717) is 24.4 Å². The summed E-state index contributed by atoms with van der Waals surface area (Å²) in [7, 11) is 3.41. The van der Waals surface area contributed by atoms with E-state index in [0.717, 1.165) is 24.1 Å². The molecule has 0 aliphatic carbocycles. The number of benzene rings is 1. The van der Waals surface area contributed by atoms with Crippen LogP contribution in [0.25, 0.3) is 16.6 Å². The number of likely N-dealkylation sites (N-methyl/N-ethyl adjacent to an activating group) is 1. The van der Waals surface area contributed by atoms with Gasteiger partial charge in [0.25, 0.3) is 5.56 Å². The minimum atomic E-state index is -0.694. The average molecular weight is 609 g/mol. The Morgan fingerprint density at radius 2 is 1.98 bits per heavy atom. The molecule has 0 spiro atoms. The minimum Gasteiger partial charge on any atom is -0.494 e. The lowest BCUT2D eigenvalue weighted by Gasteiger charge is -2.41. The smallest absolute Gasteiger partial charge is 0.410 e. The lowest BCUT2D eigenvalue weighted by molar-refractivity contribution is 0.0145. The zero-order chi connectivity index (χ0) is 31.6. The fourth-order valence-corrected chi connectivity index (χ4v) is 5.57. The van der Waals surface area contributed by atoms with Crippen molar-refractivity contribution in [1.82, 2.24) is 29.5 Å². The van der Waals surface area contributed by atoms with Gasteiger partial charge < -0.3 is 28.9 Å². The number of methoxy groups -OCH3 is 1. The molecule has 0 saturated carbocycles. The minimum absolute atomic E-state index is 0.00504. The molecular formula is C30H37FN8O5. The number of carbonyl (C=O) groups is 1. The van der Waals surface area contributed by atoms with Crippen LogP contribution < -0.4 is 19.9 Å². The second-order valence-corrected chi connectivity index (χ2v) is 12.0. The van der Waals surface area contributed by atoms with Crippen LogP contribution in [0.1, 0.15) is 40.0 Å². The van der Waals surface area contributed by atoms with Crippen LogP contribution in [0.15, 0.2) is 29.2 Å². The number of likely N-dealkylation sites (tertiary alicyclic amines) is 1. The summed E-state index contributed by atoms with van der Waals surface area (Å²) in [4.78, 5) is 41.7. The molecule has 2 atom stereocenters. The third-order valence-corrected chi connectivity index (χ3v) is 7.80. The molecule has 1 unspecified atom stereocenters. The van der Waals surface area contributed by atoms with Crippen LogP contribution in [0, 0.1) is 17.1 Å². The second-order valence-electron chi connectivity index (χ2n) is 12.0. The molecule has 0 radical (unpaired) electrons. The van der Waals surface area contributed by atoms with Crippen molar-refractivity contribution in [1.29, 1.82) is 5.26 Å². The molecule has 44 heavy (non-hydrogen) atoms. The maximum Gasteiger partial charge on any atom is 0.410 e. The summed E-state index contributed by atoms with van der Waals surface area (Å²) < 4.78 is 32.9. The highest BCUT2D eigenvalue weighted by Crippen LogP contribution is 2.30. The number of para-hydroxylation sites is 1. The van der Waals surface area contributed by atoms with Crippen LogP contribution in [0.4, 0.5) is 15.0 Å². The molecule has 2 aliphatic heterocycles. The zero-order valence-corrected chi connectivity index (χ0v) is 25.6. The first-order chi connectivity index (χ1) is 21.0. The van der Waals surface area contributed by atoms with E-state index in [1.54, 1.807) is 25.7 Å². The third-order valence-electron chi connectivity index (χ3n) is 7.80. The molecule has 3 aromatic rings. The fourth-order valence-electron chi connectivity index (χ4n) is 5.57. The van der Waals surface area contributed by atoms with Crippen molar-refractivity contribution in [3.63, 3.8) is 0 Å². The van der Waals surface area contributed by atoms with Gasteiger partial charge in [-0.25, -0.2) is 9.18 Å². The van der Waals surface area contributed by atoms with Gasteiger partial charge in [0, 0.05) is 25.7 Å². The highest BCUT2D eigenvalue weighted by Gasteiger charge is 2.35. The largest absolute Gasteiger partial charge is 0.494 e. The van der Waals surface area contributed by atoms with Crippen molar-refractivity contribution in [2.24, 2.45) is 0 Å². The summed E-state index contributed by atoms with van der Waals surface area (Å²) in [5.74, 6) is -0.189. The Kier molecular flexibility index (Phi) is 8.87. The van der Waals surface area contributed by atoms with Crippen LogP contribution in [-0.2, 0) is 4.74 Å². The molecule has 2 fully saturated rings. The number of fused-ring (bicyclic) bond motifs is 1. The van der Waals surface area contributed by atoms with Gasteiger partial charge in [-0.15, -0.1) is 0 Å². The molecule has 1 aromatic carbocycles. The van der Waals surface area contributed by atoms with Crippen molar-refractivity contribution in [3.05, 3.63) is 40.6 Å². The number of carbonyl (C=O) groups excluding carboxylic acids is 1. The lowest BCUT2D eigenvalue weighted by Crippen LogP contribution is -2.56. The number of nitriles is 1. The molecule has 234 valence electrons. The van der Waals surface area contributed by atoms with Gasteiger partial charge in [-0.05, 0) is 59.3 Å². The van der Waals surface area contributed by atoms with Crippen molar-refractivity contribution < 1.29 is 23.4 Å². The number of hydrogen-bond donors (Lipinski definition) is 0. The van der Waals surface area contributed by atoms with Gasteiger partial charge in [0.05, 0.1) is 37.2 Å². The lowest BCUT2D eigenvalue weighted by atomic mass is 10.1. The Hall–Kier alpha value is -4.51. The molecule has 4 heterocycles. The van der Waals surface area contributed by atoms with Gasteiger partial charge >= 0.3 is 12.1 Å². The highest BCUT2D eigenvalue weighted by atomic mass is 19.1. The van der Waals surface area contributed by atoms with Crippen molar-refractivity contribution >= 4 is 22.8 Å². The van der Waals surface area contributed by atoms with Gasteiger partial charge in [0.2, 0.25) is 0 Å². The van der Waals surface area contributed by atoms with Gasteiger partial charge in [-0.3, -0.25) is 4.79 Å². The number of halogens is 1. The number of rotatable bonds is 7. The SMILES string of the molecule is COc1cccc(F)c1-n1ncc2c(N3CCN(C(=O)OC(C)(C)C)C(CC#N)C3)nc(OC[C@@H]3CCCN3C)nc2c1=O. The molecule has 2 saturated heterocycles. The average Bonchev–Trinajstić information content (AvgIpc) is 3.40. The molecule has 1 amide bonds. The Labute approximate surface area is 254 Å². The molecule has 2 aromatic heterocycles. The Morgan fingerprint density at radius 3 is 2.66 bits per heavy atom. The van der Waals surface area contributed by atoms with Crippen molar-refractivity contribution in [3.8, 4) is 23.5 Å². The van der Waals surface area contributed by atoms with Crippen molar-refractivity contribution in [2.45, 2.75) is 57.7 Å². The predicted molar refractivity (Wildman–Crippen MR) is 160 cm³/mol. The summed E-state index contributed by atoms with van der Waals surface area (Å²) >= 11 is 0. The summed E-state index contributed by atoms with van der Waals surface area (Å²) in [5, 5.41) is 14.2. The van der Waals surface area contributed by atoms with Crippen LogP contribution in [0.3, 0.4) is 0 Å². The molecule has 14 heteroatoms. The predicted octanol–water partition coefficient (Wildman–Crippen LogP) is 3.14. The first-order valence-corrected chi connectivity index (χ1v) is 14.6. The van der Waals surface area contributed by atoms with Gasteiger partial charge in [-0.2, -0.15) is 25.0 Å². The number of ether oxygens (including phenoxy) is 3. The number of piperazine rings is 1. The van der Waals surface area contributed by atoms with Crippen molar-refractivity contribution in [2.75, 3.05) is 51.8 Å². The monoisotopic (exact) mass is 608 g/mol. The highest BCUT2D eigenvalue weighted by molar-refractivity contribution is 5.89. The summed E-state index contributed by atoms with van der Waals surface area (Å²) in [5.41, 5.74) is -1.53. The standard InChI is InChI=1S/C30H37FN8O5/c1-30(2,3)44-29(41)38-15-14-37(17-19(38)11-12-32)26-21-16-33-39(25-22(31)9-6-10-23(25)42-5)27(40)24(21)34-28(35-26)43-18-20-8-7-13-36(20)4/h6,9-10,16,19-20H,7-8,11,13-15,17-18H2,1-5H3/t19?,20-/m0/s1. The molecule has 5 rings (SSSR count). The van der Waals surface area contributed by atoms with Gasteiger partial charge in [0.15, 0.2) is 5.82 Å². The zero-order valence-electron chi connectivity index (χ0n) is 25.6. The Balaban J connectivity index is 1.57. The maximum absolute atomic E-state index is 15.0. The number of nitrogens with zero attached hydrogens (tertiary/aromatic N) is 8. The Bertz CT molecular complexity index is 1630. The first-order valence-electron chi connectivity index (χ1n) is 14.6. The van der Waals surface area contributed by atoms with Crippen LogP contribution in [0.2, 0.25) is 0 Å². The van der Waals surface area contributed by atoms with E-state index in [-0.39, 0.29) is 48.5 Å². The molecule has 0 bridgehead atoms. The molecule has 13 nitrogen and oxygen atoms in total. The number of amides is 1. The first kappa shape index (κ1) is 30.9. The number of aromatic nitrogens is 4.